The number of halogens is 1. The zero-order valence-corrected chi connectivity index (χ0v) is 17.7. The summed E-state index contributed by atoms with van der Waals surface area (Å²) in [7, 11) is 0. The fraction of sp³-hybridized carbons (Fsp3) is 0.474. The van der Waals surface area contributed by atoms with Gasteiger partial charge < -0.3 is 21.1 Å². The standard InChI is InChI=1S/C19H25BrN8O/c20-15-12-25-28-16(22-9-13-10-23-19(21)24-11-13)8-17(26-18(15)28)27-6-2-1-4-14(27)5-3-7-29/h8,10-12,14,22,29H,1-7,9H2,(H2,21,23,24). The summed E-state index contributed by atoms with van der Waals surface area (Å²) in [6, 6.07) is 2.44. The normalized spacial score (nSPS) is 17.0. The third kappa shape index (κ3) is 4.43. The van der Waals surface area contributed by atoms with Gasteiger partial charge in [-0.25, -0.2) is 15.0 Å². The molecular weight excluding hydrogens is 436 g/mol. The molecule has 0 amide bonds. The molecule has 1 fully saturated rings. The van der Waals surface area contributed by atoms with E-state index in [1.165, 1.54) is 6.42 Å². The summed E-state index contributed by atoms with van der Waals surface area (Å²) in [4.78, 5) is 15.3. The predicted octanol–water partition coefficient (Wildman–Crippen LogP) is 2.61. The summed E-state index contributed by atoms with van der Waals surface area (Å²) in [5.74, 6) is 2.04. The molecule has 154 valence electrons. The molecule has 1 unspecified atom stereocenters. The molecule has 0 aliphatic carbocycles. The number of nitrogens with zero attached hydrogens (tertiary/aromatic N) is 6. The van der Waals surface area contributed by atoms with Crippen LogP contribution in [0.4, 0.5) is 17.6 Å². The fourth-order valence-electron chi connectivity index (χ4n) is 3.77. The number of aromatic nitrogens is 5. The Morgan fingerprint density at radius 2 is 2.07 bits per heavy atom. The Labute approximate surface area is 177 Å². The molecule has 0 aromatic carbocycles. The van der Waals surface area contributed by atoms with Crippen molar-refractivity contribution < 1.29 is 5.11 Å². The van der Waals surface area contributed by atoms with E-state index < -0.39 is 0 Å². The molecule has 9 nitrogen and oxygen atoms in total. The van der Waals surface area contributed by atoms with Crippen LogP contribution in [-0.4, -0.2) is 48.9 Å². The quantitative estimate of drug-likeness (QED) is 0.492. The van der Waals surface area contributed by atoms with Gasteiger partial charge in [0, 0.05) is 49.8 Å². The maximum atomic E-state index is 9.26. The number of anilines is 3. The van der Waals surface area contributed by atoms with Crippen molar-refractivity contribution >= 4 is 39.2 Å². The highest BCUT2D eigenvalue weighted by molar-refractivity contribution is 9.10. The Balaban J connectivity index is 1.64. The molecule has 0 saturated carbocycles. The van der Waals surface area contributed by atoms with E-state index in [1.54, 1.807) is 23.1 Å². The van der Waals surface area contributed by atoms with E-state index in [0.717, 1.165) is 59.5 Å². The van der Waals surface area contributed by atoms with E-state index in [9.17, 15) is 5.11 Å². The van der Waals surface area contributed by atoms with Gasteiger partial charge in [0.1, 0.15) is 11.6 Å². The number of hydrogen-bond donors (Lipinski definition) is 3. The molecule has 0 bridgehead atoms. The van der Waals surface area contributed by atoms with Crippen LogP contribution in [0.1, 0.15) is 37.7 Å². The molecule has 3 aromatic heterocycles. The summed E-state index contributed by atoms with van der Waals surface area (Å²) in [6.45, 7) is 1.74. The number of nitrogen functional groups attached to an aromatic ring is 1. The fourth-order valence-corrected chi connectivity index (χ4v) is 4.12. The van der Waals surface area contributed by atoms with Gasteiger partial charge in [-0.1, -0.05) is 0 Å². The lowest BCUT2D eigenvalue weighted by Gasteiger charge is -2.37. The number of nitrogens with one attached hydrogen (secondary N) is 1. The molecule has 29 heavy (non-hydrogen) atoms. The Bertz CT molecular complexity index is 961. The Morgan fingerprint density at radius 1 is 1.24 bits per heavy atom. The minimum absolute atomic E-state index is 0.224. The van der Waals surface area contributed by atoms with Crippen LogP contribution in [0.5, 0.6) is 0 Å². The first-order chi connectivity index (χ1) is 14.2. The second-order valence-electron chi connectivity index (χ2n) is 7.24. The lowest BCUT2D eigenvalue weighted by Crippen LogP contribution is -2.40. The third-order valence-electron chi connectivity index (χ3n) is 5.23. The number of aliphatic hydroxyl groups excluding tert-OH is 1. The zero-order valence-electron chi connectivity index (χ0n) is 16.1. The molecule has 10 heteroatoms. The number of hydrogen-bond acceptors (Lipinski definition) is 8. The van der Waals surface area contributed by atoms with Gasteiger partial charge in [-0.05, 0) is 48.0 Å². The van der Waals surface area contributed by atoms with Gasteiger partial charge in [-0.2, -0.15) is 9.61 Å². The molecule has 4 heterocycles. The molecule has 1 atom stereocenters. The Hall–Kier alpha value is -2.46. The number of piperidine rings is 1. The molecule has 0 spiro atoms. The minimum atomic E-state index is 0.224. The van der Waals surface area contributed by atoms with Crippen LogP contribution in [0.15, 0.2) is 29.1 Å². The van der Waals surface area contributed by atoms with E-state index in [4.69, 9.17) is 10.7 Å². The number of fused-ring (bicyclic) bond motifs is 1. The average molecular weight is 461 g/mol. The molecule has 4 N–H and O–H groups in total. The third-order valence-corrected chi connectivity index (χ3v) is 5.79. The molecule has 3 aromatic rings. The summed E-state index contributed by atoms with van der Waals surface area (Å²) in [6.07, 6.45) is 10.4. The summed E-state index contributed by atoms with van der Waals surface area (Å²) < 4.78 is 2.64. The van der Waals surface area contributed by atoms with Gasteiger partial charge in [0.25, 0.3) is 0 Å². The van der Waals surface area contributed by atoms with Crippen LogP contribution in [-0.2, 0) is 6.54 Å². The van der Waals surface area contributed by atoms with Crippen LogP contribution in [0.2, 0.25) is 0 Å². The summed E-state index contributed by atoms with van der Waals surface area (Å²) >= 11 is 3.56. The van der Waals surface area contributed by atoms with Gasteiger partial charge in [0.15, 0.2) is 5.65 Å². The highest BCUT2D eigenvalue weighted by atomic mass is 79.9. The van der Waals surface area contributed by atoms with Crippen molar-refractivity contribution in [3.63, 3.8) is 0 Å². The minimum Gasteiger partial charge on any atom is -0.396 e. The van der Waals surface area contributed by atoms with Gasteiger partial charge in [0.2, 0.25) is 5.95 Å². The van der Waals surface area contributed by atoms with Crippen LogP contribution in [0.3, 0.4) is 0 Å². The number of aliphatic hydroxyl groups is 1. The largest absolute Gasteiger partial charge is 0.396 e. The maximum Gasteiger partial charge on any atom is 0.219 e. The first kappa shape index (κ1) is 19.8. The molecule has 1 aliphatic rings. The van der Waals surface area contributed by atoms with Crippen molar-refractivity contribution in [2.45, 2.75) is 44.7 Å². The smallest absolute Gasteiger partial charge is 0.219 e. The highest BCUT2D eigenvalue weighted by Crippen LogP contribution is 2.30. The van der Waals surface area contributed by atoms with E-state index >= 15 is 0 Å². The van der Waals surface area contributed by atoms with Gasteiger partial charge >= 0.3 is 0 Å². The lowest BCUT2D eigenvalue weighted by atomic mass is 9.98. The second kappa shape index (κ2) is 8.91. The zero-order chi connectivity index (χ0) is 20.2. The van der Waals surface area contributed by atoms with Crippen molar-refractivity contribution in [3.05, 3.63) is 34.7 Å². The lowest BCUT2D eigenvalue weighted by molar-refractivity contribution is 0.273. The first-order valence-corrected chi connectivity index (χ1v) is 10.7. The van der Waals surface area contributed by atoms with Crippen molar-refractivity contribution in [2.24, 2.45) is 0 Å². The van der Waals surface area contributed by atoms with E-state index in [0.29, 0.717) is 12.6 Å². The predicted molar refractivity (Wildman–Crippen MR) is 116 cm³/mol. The molecular formula is C19H25BrN8O. The van der Waals surface area contributed by atoms with Crippen molar-refractivity contribution in [2.75, 3.05) is 29.1 Å². The van der Waals surface area contributed by atoms with Gasteiger partial charge in [-0.15, -0.1) is 0 Å². The number of nitrogens with two attached hydrogens (primary N) is 1. The van der Waals surface area contributed by atoms with Crippen molar-refractivity contribution in [1.82, 2.24) is 24.6 Å². The molecule has 4 rings (SSSR count). The highest BCUT2D eigenvalue weighted by Gasteiger charge is 2.24. The average Bonchev–Trinajstić information content (AvgIpc) is 3.13. The monoisotopic (exact) mass is 460 g/mol. The van der Waals surface area contributed by atoms with Crippen LogP contribution in [0.25, 0.3) is 5.65 Å². The maximum absolute atomic E-state index is 9.26. The Kier molecular flexibility index (Phi) is 6.10. The first-order valence-electron chi connectivity index (χ1n) is 9.88. The topological polar surface area (TPSA) is 117 Å². The van der Waals surface area contributed by atoms with E-state index in [-0.39, 0.29) is 12.6 Å². The van der Waals surface area contributed by atoms with E-state index in [1.807, 2.05) is 6.07 Å². The van der Waals surface area contributed by atoms with Crippen molar-refractivity contribution in [3.8, 4) is 0 Å². The Morgan fingerprint density at radius 3 is 2.86 bits per heavy atom. The van der Waals surface area contributed by atoms with Crippen LogP contribution < -0.4 is 16.0 Å². The molecule has 0 radical (unpaired) electrons. The van der Waals surface area contributed by atoms with Crippen molar-refractivity contribution in [1.29, 1.82) is 0 Å². The second-order valence-corrected chi connectivity index (χ2v) is 8.09. The molecule has 1 saturated heterocycles. The van der Waals surface area contributed by atoms with Gasteiger partial charge in [0.05, 0.1) is 10.7 Å². The summed E-state index contributed by atoms with van der Waals surface area (Å²) in [5, 5.41) is 17.1. The SMILES string of the molecule is Nc1ncc(CNc2cc(N3CCCCC3CCCO)nc3c(Br)cnn23)cn1. The van der Waals surface area contributed by atoms with E-state index in [2.05, 4.69) is 41.2 Å². The molecule has 1 aliphatic heterocycles. The van der Waals surface area contributed by atoms with Crippen LogP contribution >= 0.6 is 15.9 Å². The summed E-state index contributed by atoms with van der Waals surface area (Å²) in [5.41, 5.74) is 7.26. The van der Waals surface area contributed by atoms with Crippen LogP contribution in [0, 0.1) is 0 Å². The number of rotatable bonds is 7. The van der Waals surface area contributed by atoms with Gasteiger partial charge in [-0.3, -0.25) is 0 Å².